The molecule has 0 saturated carbocycles. The van der Waals surface area contributed by atoms with Crippen LogP contribution in [0.5, 0.6) is 5.75 Å². The number of aromatic amines is 4. The van der Waals surface area contributed by atoms with E-state index in [0.29, 0.717) is 66.3 Å². The van der Waals surface area contributed by atoms with E-state index in [-0.39, 0.29) is 35.2 Å². The summed E-state index contributed by atoms with van der Waals surface area (Å²) in [4.78, 5) is 57.4. The number of nitro groups is 2. The lowest BCUT2D eigenvalue weighted by molar-refractivity contribution is -0.385. The molecule has 0 aliphatic heterocycles. The summed E-state index contributed by atoms with van der Waals surface area (Å²) in [6.45, 7) is 1.11. The first kappa shape index (κ1) is 79.8. The topological polar surface area (TPSA) is 410 Å². The van der Waals surface area contributed by atoms with Crippen LogP contribution in [-0.2, 0) is 32.4 Å². The van der Waals surface area contributed by atoms with Crippen molar-refractivity contribution in [3.05, 3.63) is 288 Å². The zero-order valence-corrected chi connectivity index (χ0v) is 66.4. The number of hydrogen-bond donors (Lipinski definition) is 12. The Labute approximate surface area is 703 Å². The van der Waals surface area contributed by atoms with Crippen molar-refractivity contribution < 1.29 is 40.9 Å². The average Bonchev–Trinajstić information content (AvgIpc) is 1.61. The van der Waals surface area contributed by atoms with Crippen molar-refractivity contribution in [3.63, 3.8) is 0 Å². The molecule has 31 nitrogen and oxygen atoms in total. The highest BCUT2D eigenvalue weighted by molar-refractivity contribution is 7.18. The normalized spacial score (nSPS) is 11.4. The molecule has 20 aromatic rings. The summed E-state index contributed by atoms with van der Waals surface area (Å²) in [5.41, 5.74) is 12.4. The van der Waals surface area contributed by atoms with Gasteiger partial charge in [0.25, 0.3) is 11.4 Å². The second-order valence-corrected chi connectivity index (χ2v) is 30.6. The highest BCUT2D eigenvalue weighted by atomic mass is 32.1. The van der Waals surface area contributed by atoms with Crippen molar-refractivity contribution in [3.8, 4) is 5.75 Å². The smallest absolute Gasteiger partial charge is 0.406 e. The van der Waals surface area contributed by atoms with Gasteiger partial charge in [0.15, 0.2) is 23.3 Å². The molecule has 0 saturated heterocycles. The number of hydrogen-bond acceptors (Lipinski definition) is 29. The van der Waals surface area contributed by atoms with E-state index in [2.05, 4.69) is 128 Å². The van der Waals surface area contributed by atoms with Gasteiger partial charge < -0.3 is 47.3 Å². The Hall–Kier alpha value is -15.6. The number of fused-ring (bicyclic) bond motifs is 8. The second-order valence-electron chi connectivity index (χ2n) is 26.9. The van der Waals surface area contributed by atoms with Gasteiger partial charge in [-0.25, -0.2) is 19.9 Å². The van der Waals surface area contributed by atoms with Gasteiger partial charge in [-0.2, -0.15) is 53.5 Å². The predicted molar refractivity (Wildman–Crippen MR) is 467 cm³/mol. The number of alkyl halides is 6. The highest BCUT2D eigenvalue weighted by Gasteiger charge is 2.33. The van der Waals surface area contributed by atoms with Crippen LogP contribution in [0.15, 0.2) is 240 Å². The lowest BCUT2D eigenvalue weighted by atomic mass is 10.1. The van der Waals surface area contributed by atoms with Crippen molar-refractivity contribution in [1.82, 2.24) is 80.7 Å². The zero-order valence-electron chi connectivity index (χ0n) is 63.1. The van der Waals surface area contributed by atoms with Crippen LogP contribution in [0.4, 0.5) is 108 Å². The molecule has 0 aliphatic carbocycles. The molecule has 123 heavy (non-hydrogen) atoms. The zero-order chi connectivity index (χ0) is 84.6. The summed E-state index contributed by atoms with van der Waals surface area (Å²) < 4.78 is 84.3. The van der Waals surface area contributed by atoms with Gasteiger partial charge in [0, 0.05) is 94.7 Å². The quantitative estimate of drug-likeness (QED) is 0.0161. The van der Waals surface area contributed by atoms with Gasteiger partial charge in [-0.1, -0.05) is 54.6 Å². The number of rotatable bonds is 23. The van der Waals surface area contributed by atoms with E-state index in [9.17, 15) is 46.6 Å². The van der Waals surface area contributed by atoms with Crippen molar-refractivity contribution in [2.24, 2.45) is 0 Å². The number of non-ortho nitro benzene ring substituents is 2. The molecule has 8 aromatic carbocycles. The molecular weight excluding hydrogens is 1670 g/mol. The van der Waals surface area contributed by atoms with Gasteiger partial charge in [-0.05, 0) is 159 Å². The monoisotopic (exact) mass is 1730 g/mol. The molecule has 12 N–H and O–H groups in total. The molecule has 0 radical (unpaired) electrons. The Morgan fingerprint density at radius 2 is 0.707 bits per heavy atom. The molecular formula is C82H60F6N26O5S4. The third-order valence-electron chi connectivity index (χ3n) is 18.6. The predicted octanol–water partition coefficient (Wildman–Crippen LogP) is 21.4. The van der Waals surface area contributed by atoms with Crippen LogP contribution in [0.1, 0.15) is 27.8 Å². The van der Waals surface area contributed by atoms with E-state index in [1.54, 1.807) is 83.9 Å². The second kappa shape index (κ2) is 35.1. The molecule has 0 amide bonds. The molecule has 0 unspecified atom stereocenters. The lowest BCUT2D eigenvalue weighted by Crippen LogP contribution is -2.17. The van der Waals surface area contributed by atoms with E-state index in [1.165, 1.54) is 71.2 Å². The SMILES string of the molecule is FC(F)(F)Oc1ccc(CNc2nc(Nc3ccc4[nH]ncc4c3)c3sccc3n2)cc1.FC(F)(F)c1ccccc1CNc1nc(Nc2ccc3[nH]ncc3c2)c2sccc2n1.O=[N+]([O-])c1ccc(CNc2nc(Nc3ccc4[nH]ncc4c3)c3sccc3n2)cc1.O=[N+]([O-])c1cccc(CNc2nc(Nc3ccc4[nH]ncc4c3)c3sccc3n2)c1. The first-order valence-electron chi connectivity index (χ1n) is 36.9. The standard InChI is InChI=1S/C21H15F3N6OS.C21H15F3N6S.2C20H15N7O2S/c22-21(23,24)31-15-4-1-12(2-5-15)10-25-20-28-17-7-8-32-18(17)19(29-20)27-14-3-6-16-13(9-14)11-26-30-16;22-21(23,24)15-4-2-1-3-12(15)10-25-20-28-17-7-8-31-18(17)19(29-20)27-14-5-6-16-13(9-14)11-26-30-16;28-27(29)15-4-1-12(2-5-15)10-21-20-24-17-7-8-30-18(17)19(25-20)23-14-3-6-16-13(9-14)11-22-26-16;28-27(29)15-3-1-2-12(8-15)10-21-20-24-17-6-7-30-18(17)19(25-20)23-14-4-5-16-13(9-14)11-22-26-16/h1-9,11H,10H2,(H,26,30)(H2,25,27,28,29);1-9,11H,10H2,(H,26,30)(H2,25,27,28,29);2*1-9,11H,10H2,(H,22,26)(H2,21,23,24,25). The highest BCUT2D eigenvalue weighted by Crippen LogP contribution is 2.38. The molecule has 0 atom stereocenters. The molecule has 614 valence electrons. The molecule has 0 bridgehead atoms. The number of anilines is 12. The summed E-state index contributed by atoms with van der Waals surface area (Å²) in [6, 6.07) is 55.1. The minimum Gasteiger partial charge on any atom is -0.406 e. The largest absolute Gasteiger partial charge is 0.573 e. The summed E-state index contributed by atoms with van der Waals surface area (Å²) >= 11 is 6.14. The Balaban J connectivity index is 0.000000116. The number of nitro benzene ring substituents is 2. The van der Waals surface area contributed by atoms with Crippen LogP contribution in [0.3, 0.4) is 0 Å². The fourth-order valence-corrected chi connectivity index (χ4v) is 15.8. The Morgan fingerprint density at radius 1 is 0.358 bits per heavy atom. The van der Waals surface area contributed by atoms with Gasteiger partial charge >= 0.3 is 12.5 Å². The van der Waals surface area contributed by atoms with Crippen LogP contribution in [0.2, 0.25) is 0 Å². The van der Waals surface area contributed by atoms with Gasteiger partial charge in [-0.15, -0.1) is 58.5 Å². The maximum absolute atomic E-state index is 13.3. The van der Waals surface area contributed by atoms with Gasteiger partial charge in [-0.3, -0.25) is 40.6 Å². The van der Waals surface area contributed by atoms with E-state index >= 15 is 0 Å². The van der Waals surface area contributed by atoms with Crippen LogP contribution in [0, 0.1) is 20.2 Å². The molecule has 12 aromatic heterocycles. The number of benzene rings is 8. The molecule has 20 rings (SSSR count). The van der Waals surface area contributed by atoms with Crippen molar-refractivity contribution in [2.45, 2.75) is 38.7 Å². The van der Waals surface area contributed by atoms with Crippen LogP contribution in [-0.4, -0.2) is 96.9 Å². The summed E-state index contributed by atoms with van der Waals surface area (Å²) in [5, 5.41) is 87.1. The molecule has 0 aliphatic rings. The fraction of sp³-hybridized carbons (Fsp3) is 0.0732. The number of nitrogens with zero attached hydrogens (tertiary/aromatic N) is 14. The van der Waals surface area contributed by atoms with Crippen LogP contribution >= 0.6 is 45.3 Å². The van der Waals surface area contributed by atoms with Crippen molar-refractivity contribution in [1.29, 1.82) is 0 Å². The number of nitrogens with one attached hydrogen (secondary N) is 12. The maximum atomic E-state index is 13.3. The van der Waals surface area contributed by atoms with Gasteiger partial charge in [0.05, 0.1) is 103 Å². The first-order valence-corrected chi connectivity index (χ1v) is 40.5. The third kappa shape index (κ3) is 19.4. The molecule has 12 heterocycles. The minimum absolute atomic E-state index is 0.0499. The van der Waals surface area contributed by atoms with Crippen LogP contribution < -0.4 is 47.3 Å². The Kier molecular flexibility index (Phi) is 22.8. The Bertz CT molecular complexity index is 7200. The van der Waals surface area contributed by atoms with Gasteiger partial charge in [0.2, 0.25) is 23.8 Å². The number of H-pyrrole nitrogens is 4. The first-order chi connectivity index (χ1) is 59.7. The number of thiophene rings is 4. The number of ether oxygens (including phenoxy) is 1. The van der Waals surface area contributed by atoms with E-state index in [0.717, 1.165) is 124 Å². The lowest BCUT2D eigenvalue weighted by Gasteiger charge is -2.14. The minimum atomic E-state index is -4.71. The van der Waals surface area contributed by atoms with E-state index < -0.39 is 27.9 Å². The van der Waals surface area contributed by atoms with Crippen LogP contribution in [0.25, 0.3) is 84.5 Å². The number of aromatic nitrogens is 16. The Morgan fingerprint density at radius 3 is 1.07 bits per heavy atom. The summed E-state index contributed by atoms with van der Waals surface area (Å²) in [5.74, 6) is 3.94. The van der Waals surface area contributed by atoms with Crippen molar-refractivity contribution >= 4 is 211 Å². The summed E-state index contributed by atoms with van der Waals surface area (Å²) in [7, 11) is 0. The van der Waals surface area contributed by atoms with E-state index in [1.807, 2.05) is 125 Å². The fourth-order valence-electron chi connectivity index (χ4n) is 12.7. The summed E-state index contributed by atoms with van der Waals surface area (Å²) in [6.07, 6.45) is -2.11. The molecule has 41 heteroatoms. The third-order valence-corrected chi connectivity index (χ3v) is 22.2. The van der Waals surface area contributed by atoms with E-state index in [4.69, 9.17) is 0 Å². The average molecular weight is 1730 g/mol. The van der Waals surface area contributed by atoms with Gasteiger partial charge in [0.1, 0.15) is 5.75 Å². The maximum Gasteiger partial charge on any atom is 0.573 e. The molecule has 0 spiro atoms. The van der Waals surface area contributed by atoms with Crippen molar-refractivity contribution in [2.75, 3.05) is 42.5 Å². The number of halogens is 6. The molecule has 0 fully saturated rings.